The highest BCUT2D eigenvalue weighted by atomic mass is 32.1. The lowest BCUT2D eigenvalue weighted by atomic mass is 9.60. The summed E-state index contributed by atoms with van der Waals surface area (Å²) in [6, 6.07) is 79.5. The molecule has 1 spiro atoms. The van der Waals surface area contributed by atoms with Gasteiger partial charge in [-0.2, -0.15) is 0 Å². The van der Waals surface area contributed by atoms with E-state index in [9.17, 15) is 0 Å². The molecule has 1 unspecified atom stereocenters. The summed E-state index contributed by atoms with van der Waals surface area (Å²) in [5.41, 5.74) is 15.9. The van der Waals surface area contributed by atoms with E-state index in [1.807, 2.05) is 11.3 Å². The fraction of sp³-hybridized carbons (Fsp3) is 0.0175. The monoisotopic (exact) mass is 765 g/mol. The molecule has 0 radical (unpaired) electrons. The Bertz CT molecular complexity index is 3520. The minimum absolute atomic E-state index is 0.587. The molecule has 1 aromatic heterocycles. The molecule has 59 heavy (non-hydrogen) atoms. The van der Waals surface area contributed by atoms with Gasteiger partial charge in [-0.15, -0.1) is 11.3 Å². The Morgan fingerprint density at radius 3 is 1.83 bits per heavy atom. The fourth-order valence-corrected chi connectivity index (χ4v) is 11.9. The van der Waals surface area contributed by atoms with Gasteiger partial charge in [0, 0.05) is 26.8 Å². The van der Waals surface area contributed by atoms with E-state index in [-0.39, 0.29) is 0 Å². The van der Waals surface area contributed by atoms with Crippen molar-refractivity contribution in [3.8, 4) is 33.4 Å². The Morgan fingerprint density at radius 1 is 0.373 bits per heavy atom. The van der Waals surface area contributed by atoms with Crippen LogP contribution in [0.2, 0.25) is 0 Å². The molecular formula is C57H35NS. The van der Waals surface area contributed by atoms with Gasteiger partial charge in [0.25, 0.3) is 0 Å². The lowest BCUT2D eigenvalue weighted by molar-refractivity contribution is 0.775. The van der Waals surface area contributed by atoms with E-state index in [4.69, 9.17) is 0 Å². The first-order chi connectivity index (χ1) is 29.3. The molecule has 2 aliphatic rings. The molecule has 2 heteroatoms. The molecule has 11 aromatic rings. The van der Waals surface area contributed by atoms with E-state index in [1.165, 1.54) is 103 Å². The molecular weight excluding hydrogens is 731 g/mol. The van der Waals surface area contributed by atoms with Crippen molar-refractivity contribution in [2.45, 2.75) is 5.41 Å². The van der Waals surface area contributed by atoms with Crippen molar-refractivity contribution in [1.29, 1.82) is 0 Å². The molecule has 274 valence electrons. The molecule has 0 bridgehead atoms. The molecule has 10 aromatic carbocycles. The molecule has 0 N–H and O–H groups in total. The minimum Gasteiger partial charge on any atom is -0.309 e. The van der Waals surface area contributed by atoms with E-state index in [0.717, 1.165) is 11.4 Å². The summed E-state index contributed by atoms with van der Waals surface area (Å²) >= 11 is 1.88. The summed E-state index contributed by atoms with van der Waals surface area (Å²) in [5.74, 6) is 0. The summed E-state index contributed by atoms with van der Waals surface area (Å²) in [6.45, 7) is 0. The Labute approximate surface area is 346 Å². The lowest BCUT2D eigenvalue weighted by Crippen LogP contribution is -2.32. The number of nitrogens with zero attached hydrogens (tertiary/aromatic N) is 1. The second-order valence-corrected chi connectivity index (χ2v) is 17.0. The van der Waals surface area contributed by atoms with Gasteiger partial charge >= 0.3 is 0 Å². The zero-order valence-corrected chi connectivity index (χ0v) is 32.9. The van der Waals surface area contributed by atoms with Crippen LogP contribution in [0, 0.1) is 0 Å². The molecule has 0 amide bonds. The zero-order valence-electron chi connectivity index (χ0n) is 32.1. The molecule has 1 nitrogen and oxygen atoms in total. The smallest absolute Gasteiger partial charge is 0.0732 e. The van der Waals surface area contributed by atoms with Crippen molar-refractivity contribution < 1.29 is 0 Å². The first-order valence-electron chi connectivity index (χ1n) is 20.4. The van der Waals surface area contributed by atoms with E-state index in [0.29, 0.717) is 0 Å². The first kappa shape index (κ1) is 32.8. The largest absolute Gasteiger partial charge is 0.309 e. The van der Waals surface area contributed by atoms with Gasteiger partial charge in [-0.3, -0.25) is 0 Å². The third-order valence-electron chi connectivity index (χ3n) is 13.0. The fourth-order valence-electron chi connectivity index (χ4n) is 10.6. The highest BCUT2D eigenvalue weighted by molar-refractivity contribution is 7.26. The maximum absolute atomic E-state index is 2.54. The molecule has 2 aliphatic carbocycles. The molecule has 0 aliphatic heterocycles. The van der Waals surface area contributed by atoms with Crippen LogP contribution in [0.15, 0.2) is 212 Å². The van der Waals surface area contributed by atoms with Gasteiger partial charge in [0.05, 0.1) is 15.8 Å². The van der Waals surface area contributed by atoms with Gasteiger partial charge in [-0.1, -0.05) is 176 Å². The van der Waals surface area contributed by atoms with Crippen LogP contribution in [0.3, 0.4) is 0 Å². The van der Waals surface area contributed by atoms with Crippen LogP contribution in [0.5, 0.6) is 0 Å². The summed E-state index contributed by atoms with van der Waals surface area (Å²) < 4.78 is 2.59. The van der Waals surface area contributed by atoms with Crippen molar-refractivity contribution in [2.75, 3.05) is 4.90 Å². The number of anilines is 3. The van der Waals surface area contributed by atoms with Gasteiger partial charge < -0.3 is 4.90 Å². The molecule has 1 atom stereocenters. The number of hydrogen-bond acceptors (Lipinski definition) is 2. The van der Waals surface area contributed by atoms with Gasteiger partial charge in [0.2, 0.25) is 0 Å². The van der Waals surface area contributed by atoms with E-state index in [2.05, 4.69) is 217 Å². The Hall–Kier alpha value is -7.26. The lowest BCUT2D eigenvalue weighted by Gasteiger charge is -2.41. The van der Waals surface area contributed by atoms with E-state index < -0.39 is 5.41 Å². The van der Waals surface area contributed by atoms with Gasteiger partial charge in [0.15, 0.2) is 0 Å². The highest BCUT2D eigenvalue weighted by Crippen LogP contribution is 2.64. The number of fused-ring (bicyclic) bond motifs is 13. The first-order valence-corrected chi connectivity index (χ1v) is 21.2. The van der Waals surface area contributed by atoms with Gasteiger partial charge in [0.1, 0.15) is 0 Å². The molecule has 13 rings (SSSR count). The maximum atomic E-state index is 2.54. The number of benzene rings is 10. The topological polar surface area (TPSA) is 3.24 Å². The number of hydrogen-bond donors (Lipinski definition) is 0. The second kappa shape index (κ2) is 12.4. The summed E-state index contributed by atoms with van der Waals surface area (Å²) in [5, 5.41) is 7.65. The third-order valence-corrected chi connectivity index (χ3v) is 14.2. The van der Waals surface area contributed by atoms with Gasteiger partial charge in [-0.25, -0.2) is 0 Å². The summed E-state index contributed by atoms with van der Waals surface area (Å²) in [6.07, 6.45) is 0. The van der Waals surface area contributed by atoms with E-state index >= 15 is 0 Å². The third kappa shape index (κ3) is 4.50. The van der Waals surface area contributed by atoms with Crippen molar-refractivity contribution in [3.63, 3.8) is 0 Å². The second-order valence-electron chi connectivity index (χ2n) is 15.9. The molecule has 0 saturated carbocycles. The normalized spacial score (nSPS) is 14.8. The maximum Gasteiger partial charge on any atom is 0.0732 e. The summed E-state index contributed by atoms with van der Waals surface area (Å²) in [7, 11) is 0. The van der Waals surface area contributed by atoms with Crippen LogP contribution in [0.25, 0.3) is 75.1 Å². The van der Waals surface area contributed by atoms with Crippen molar-refractivity contribution in [3.05, 3.63) is 235 Å². The minimum atomic E-state index is -0.587. The van der Waals surface area contributed by atoms with Crippen LogP contribution in [-0.4, -0.2) is 0 Å². The van der Waals surface area contributed by atoms with Crippen LogP contribution in [0.4, 0.5) is 17.1 Å². The predicted molar refractivity (Wildman–Crippen MR) is 251 cm³/mol. The van der Waals surface area contributed by atoms with Crippen LogP contribution in [0.1, 0.15) is 22.3 Å². The molecule has 1 heterocycles. The zero-order chi connectivity index (χ0) is 38.7. The van der Waals surface area contributed by atoms with Crippen LogP contribution >= 0.6 is 11.3 Å². The summed E-state index contributed by atoms with van der Waals surface area (Å²) in [4.78, 5) is 2.52. The average molecular weight is 766 g/mol. The molecule has 0 fully saturated rings. The van der Waals surface area contributed by atoms with Crippen LogP contribution < -0.4 is 4.90 Å². The Balaban J connectivity index is 1.17. The SMILES string of the molecule is c1ccc(-c2ccc3cccc4c3c2C2(c3ccccc3-c3ccc(N(c5ccc6ccccc6c5)c5cccc6c5sc5ccccc56)cc32)c2ccccc2-4)cc1. The van der Waals surface area contributed by atoms with Crippen molar-refractivity contribution in [1.82, 2.24) is 0 Å². The van der Waals surface area contributed by atoms with E-state index in [1.54, 1.807) is 0 Å². The highest BCUT2D eigenvalue weighted by Gasteiger charge is 2.51. The Kier molecular flexibility index (Phi) is 6.87. The van der Waals surface area contributed by atoms with Crippen LogP contribution in [-0.2, 0) is 5.41 Å². The van der Waals surface area contributed by atoms with Crippen molar-refractivity contribution in [2.24, 2.45) is 0 Å². The number of rotatable bonds is 4. The standard InChI is InChI=1S/C57H35NS/c1-2-15-37(16-3-1)42-32-29-38-18-12-22-47-44-20-7-10-25-50(44)57(55(42)54(38)47)49-24-9-6-19-43(49)45-33-31-41(35-51(45)57)58(40-30-28-36-14-4-5-17-39(36)34-40)52-26-13-23-48-46-21-8-11-27-53(46)59-56(48)52/h1-35H. The number of thiophene rings is 1. The average Bonchev–Trinajstić information content (AvgIpc) is 3.83. The van der Waals surface area contributed by atoms with Gasteiger partial charge in [-0.05, 0) is 114 Å². The quantitative estimate of drug-likeness (QED) is 0.172. The Morgan fingerprint density at radius 2 is 0.966 bits per heavy atom. The van der Waals surface area contributed by atoms with Crippen molar-refractivity contribution >= 4 is 70.1 Å². The predicted octanol–water partition coefficient (Wildman–Crippen LogP) is 15.8. The molecule has 0 saturated heterocycles.